The van der Waals surface area contributed by atoms with Crippen LogP contribution in [0.25, 0.3) is 91.6 Å². The molecule has 0 aliphatic carbocycles. The zero-order chi connectivity index (χ0) is 28.8. The molecule has 4 heteroatoms. The molecule has 0 N–H and O–H groups in total. The van der Waals surface area contributed by atoms with Crippen LogP contribution in [0.1, 0.15) is 0 Å². The van der Waals surface area contributed by atoms with Crippen molar-refractivity contribution in [1.29, 1.82) is 0 Å². The largest absolute Gasteiger partial charge is 0.278 e. The zero-order valence-electron chi connectivity index (χ0n) is 23.5. The number of hydrogen-bond donors (Lipinski definition) is 0. The Labute approximate surface area is 256 Å². The van der Waals surface area contributed by atoms with Gasteiger partial charge in [0, 0.05) is 41.9 Å². The van der Waals surface area contributed by atoms with Crippen molar-refractivity contribution in [3.05, 3.63) is 140 Å². The number of thiophene rings is 1. The monoisotopic (exact) mass is 577 g/mol. The summed E-state index contributed by atoms with van der Waals surface area (Å²) in [6.07, 6.45) is 0. The van der Waals surface area contributed by atoms with Crippen LogP contribution < -0.4 is 0 Å². The van der Waals surface area contributed by atoms with E-state index in [9.17, 15) is 0 Å². The number of aromatic nitrogens is 3. The Bertz CT molecular complexity index is 2770. The van der Waals surface area contributed by atoms with Gasteiger partial charge in [0.2, 0.25) is 5.95 Å². The van der Waals surface area contributed by atoms with Crippen LogP contribution in [0, 0.1) is 0 Å². The molecule has 0 amide bonds. The van der Waals surface area contributed by atoms with E-state index in [1.807, 2.05) is 23.5 Å². The summed E-state index contributed by atoms with van der Waals surface area (Å²) in [7, 11) is 0. The lowest BCUT2D eigenvalue weighted by Gasteiger charge is -2.12. The first-order valence-electron chi connectivity index (χ1n) is 14.8. The Hall–Kier alpha value is -5.58. The van der Waals surface area contributed by atoms with Gasteiger partial charge in [0.1, 0.15) is 0 Å². The molecule has 3 heterocycles. The SMILES string of the molecule is c1ccc(-c2nc(-n3c4ccccc4c4cc5c(ccc6ccc7sc8ccccc8c7c65)cc43)nc3ccccc23)cc1. The molecule has 204 valence electrons. The molecule has 3 aromatic heterocycles. The van der Waals surface area contributed by atoms with Crippen molar-refractivity contribution in [2.24, 2.45) is 0 Å². The minimum Gasteiger partial charge on any atom is -0.278 e. The van der Waals surface area contributed by atoms with Gasteiger partial charge < -0.3 is 0 Å². The second-order valence-corrected chi connectivity index (χ2v) is 12.5. The molecule has 0 spiro atoms. The van der Waals surface area contributed by atoms with E-state index in [4.69, 9.17) is 9.97 Å². The van der Waals surface area contributed by atoms with Gasteiger partial charge in [0.15, 0.2) is 0 Å². The normalized spacial score (nSPS) is 12.1. The second-order valence-electron chi connectivity index (χ2n) is 11.4. The highest BCUT2D eigenvalue weighted by Gasteiger charge is 2.19. The number of para-hydroxylation sites is 2. The quantitative estimate of drug-likeness (QED) is 0.191. The molecule has 10 rings (SSSR count). The molecule has 0 atom stereocenters. The van der Waals surface area contributed by atoms with Gasteiger partial charge in [-0.1, -0.05) is 103 Å². The molecule has 0 saturated carbocycles. The first kappa shape index (κ1) is 23.9. The third kappa shape index (κ3) is 3.31. The number of fused-ring (bicyclic) bond motifs is 11. The van der Waals surface area contributed by atoms with Gasteiger partial charge >= 0.3 is 0 Å². The fourth-order valence-corrected chi connectivity index (χ4v) is 8.14. The molecule has 0 fully saturated rings. The van der Waals surface area contributed by atoms with Crippen LogP contribution in [0.3, 0.4) is 0 Å². The topological polar surface area (TPSA) is 30.7 Å². The van der Waals surface area contributed by atoms with E-state index >= 15 is 0 Å². The minimum absolute atomic E-state index is 0.681. The van der Waals surface area contributed by atoms with Crippen LogP contribution >= 0.6 is 11.3 Å². The van der Waals surface area contributed by atoms with Gasteiger partial charge in [-0.3, -0.25) is 4.57 Å². The number of hydrogen-bond acceptors (Lipinski definition) is 3. The number of rotatable bonds is 2. The fourth-order valence-electron chi connectivity index (χ4n) is 7.02. The predicted molar refractivity (Wildman–Crippen MR) is 187 cm³/mol. The lowest BCUT2D eigenvalue weighted by Crippen LogP contribution is -2.03. The Balaban J connectivity index is 1.34. The molecular formula is C40H23N3S. The lowest BCUT2D eigenvalue weighted by molar-refractivity contribution is 1.01. The average molecular weight is 578 g/mol. The van der Waals surface area contributed by atoms with Crippen LogP contribution in [-0.2, 0) is 0 Å². The van der Waals surface area contributed by atoms with Crippen molar-refractivity contribution in [1.82, 2.24) is 14.5 Å². The first-order valence-corrected chi connectivity index (χ1v) is 15.7. The van der Waals surface area contributed by atoms with Crippen molar-refractivity contribution >= 4 is 85.8 Å². The summed E-state index contributed by atoms with van der Waals surface area (Å²) in [5, 5.41) is 11.2. The minimum atomic E-state index is 0.681. The Morgan fingerprint density at radius 2 is 1.18 bits per heavy atom. The van der Waals surface area contributed by atoms with Crippen molar-refractivity contribution in [2.45, 2.75) is 0 Å². The van der Waals surface area contributed by atoms with E-state index < -0.39 is 0 Å². The third-order valence-electron chi connectivity index (χ3n) is 8.97. The van der Waals surface area contributed by atoms with Crippen LogP contribution in [-0.4, -0.2) is 14.5 Å². The van der Waals surface area contributed by atoms with Gasteiger partial charge in [-0.25, -0.2) is 9.97 Å². The molecule has 10 aromatic rings. The van der Waals surface area contributed by atoms with Crippen LogP contribution in [0.15, 0.2) is 140 Å². The van der Waals surface area contributed by atoms with Gasteiger partial charge in [0.05, 0.1) is 22.2 Å². The summed E-state index contributed by atoms with van der Waals surface area (Å²) in [6.45, 7) is 0. The highest BCUT2D eigenvalue weighted by atomic mass is 32.1. The zero-order valence-corrected chi connectivity index (χ0v) is 24.3. The summed E-state index contributed by atoms with van der Waals surface area (Å²) >= 11 is 1.87. The summed E-state index contributed by atoms with van der Waals surface area (Å²) in [5.41, 5.74) is 5.16. The maximum Gasteiger partial charge on any atom is 0.235 e. The van der Waals surface area contributed by atoms with Gasteiger partial charge in [-0.15, -0.1) is 11.3 Å². The Morgan fingerprint density at radius 1 is 0.455 bits per heavy atom. The molecule has 44 heavy (non-hydrogen) atoms. The van der Waals surface area contributed by atoms with Crippen molar-refractivity contribution < 1.29 is 0 Å². The molecule has 3 nitrogen and oxygen atoms in total. The number of benzene rings is 7. The molecule has 0 bridgehead atoms. The predicted octanol–water partition coefficient (Wildman–Crippen LogP) is 11.1. The van der Waals surface area contributed by atoms with Crippen molar-refractivity contribution in [2.75, 3.05) is 0 Å². The molecular weight excluding hydrogens is 555 g/mol. The van der Waals surface area contributed by atoms with E-state index in [1.54, 1.807) is 0 Å². The molecule has 0 unspecified atom stereocenters. The van der Waals surface area contributed by atoms with Gasteiger partial charge in [0.25, 0.3) is 0 Å². The first-order chi connectivity index (χ1) is 21.8. The molecule has 0 radical (unpaired) electrons. The van der Waals surface area contributed by atoms with E-state index in [0.29, 0.717) is 5.95 Å². The summed E-state index contributed by atoms with van der Waals surface area (Å²) in [6, 6.07) is 49.9. The second kappa shape index (κ2) is 8.96. The Morgan fingerprint density at radius 3 is 2.09 bits per heavy atom. The summed E-state index contributed by atoms with van der Waals surface area (Å²) < 4.78 is 4.90. The van der Waals surface area contributed by atoms with Crippen molar-refractivity contribution in [3.8, 4) is 17.2 Å². The molecule has 0 saturated heterocycles. The van der Waals surface area contributed by atoms with E-state index in [2.05, 4.69) is 132 Å². The van der Waals surface area contributed by atoms with Crippen LogP contribution in [0.5, 0.6) is 0 Å². The maximum absolute atomic E-state index is 5.27. The fraction of sp³-hybridized carbons (Fsp3) is 0. The van der Waals surface area contributed by atoms with E-state index in [-0.39, 0.29) is 0 Å². The van der Waals surface area contributed by atoms with Crippen molar-refractivity contribution in [3.63, 3.8) is 0 Å². The molecule has 0 aliphatic rings. The summed E-state index contributed by atoms with van der Waals surface area (Å²) in [5.74, 6) is 0.681. The van der Waals surface area contributed by atoms with E-state index in [1.165, 1.54) is 52.5 Å². The van der Waals surface area contributed by atoms with Gasteiger partial charge in [-0.05, 0) is 57.9 Å². The smallest absolute Gasteiger partial charge is 0.235 e. The van der Waals surface area contributed by atoms with Crippen LogP contribution in [0.4, 0.5) is 0 Å². The third-order valence-corrected chi connectivity index (χ3v) is 10.1. The molecule has 0 aliphatic heterocycles. The highest BCUT2D eigenvalue weighted by Crippen LogP contribution is 2.43. The number of nitrogens with zero attached hydrogens (tertiary/aromatic N) is 3. The van der Waals surface area contributed by atoms with Crippen LogP contribution in [0.2, 0.25) is 0 Å². The van der Waals surface area contributed by atoms with Gasteiger partial charge in [-0.2, -0.15) is 0 Å². The average Bonchev–Trinajstić information content (AvgIpc) is 3.62. The standard InChI is InChI=1S/C40H23N3S/c1-2-10-25(11-3-1)39-28-13-4-7-15-32(28)41-40(42-39)43-33-16-8-5-12-27(33)31-23-30-26(22-34(31)43)19-18-24-20-21-36-38(37(24)30)29-14-6-9-17-35(29)44-36/h1-23H. The summed E-state index contributed by atoms with van der Waals surface area (Å²) in [4.78, 5) is 10.4. The molecule has 7 aromatic carbocycles. The highest BCUT2D eigenvalue weighted by molar-refractivity contribution is 7.26. The maximum atomic E-state index is 5.27. The lowest BCUT2D eigenvalue weighted by atomic mass is 9.96. The van der Waals surface area contributed by atoms with E-state index in [0.717, 1.165) is 33.2 Å². The Kier molecular flexibility index (Phi) is 4.87.